The quantitative estimate of drug-likeness (QED) is 0.133. The highest BCUT2D eigenvalue weighted by Gasteiger charge is 2.37. The molecule has 12 rings (SSSR count). The van der Waals surface area contributed by atoms with E-state index < -0.39 is 0 Å². The third-order valence-corrected chi connectivity index (χ3v) is 13.8. The molecule has 0 spiro atoms. The van der Waals surface area contributed by atoms with Crippen molar-refractivity contribution >= 4 is 55.7 Å². The van der Waals surface area contributed by atoms with Gasteiger partial charge >= 0.3 is 0 Å². The summed E-state index contributed by atoms with van der Waals surface area (Å²) in [7, 11) is 0. The van der Waals surface area contributed by atoms with Crippen molar-refractivity contribution < 1.29 is 0 Å². The monoisotopic (exact) mass is 856 g/mol. The van der Waals surface area contributed by atoms with Crippen LogP contribution in [0.1, 0.15) is 25.0 Å². The third kappa shape index (κ3) is 6.80. The Balaban J connectivity index is 1.11. The fraction of sp³-hybridized carbons (Fsp3) is 0.0462. The van der Waals surface area contributed by atoms with Gasteiger partial charge in [0.1, 0.15) is 0 Å². The Bertz CT molecular complexity index is 3580. The Morgan fingerprint density at radius 3 is 1.30 bits per heavy atom. The topological polar surface area (TPSA) is 6.48 Å². The Kier molecular flexibility index (Phi) is 9.88. The van der Waals surface area contributed by atoms with E-state index in [-0.39, 0.29) is 5.41 Å². The molecule has 0 aromatic heterocycles. The lowest BCUT2D eigenvalue weighted by molar-refractivity contribution is 0.645. The zero-order valence-corrected chi connectivity index (χ0v) is 37.6. The molecule has 0 saturated heterocycles. The second kappa shape index (κ2) is 16.5. The van der Waals surface area contributed by atoms with Crippen LogP contribution in [-0.2, 0) is 5.41 Å². The summed E-state index contributed by atoms with van der Waals surface area (Å²) in [6, 6.07) is 93.0. The van der Waals surface area contributed by atoms with Crippen LogP contribution >= 0.6 is 0 Å². The molecule has 2 heteroatoms. The average molecular weight is 857 g/mol. The van der Waals surface area contributed by atoms with Crippen LogP contribution in [-0.4, -0.2) is 0 Å². The van der Waals surface area contributed by atoms with Crippen molar-refractivity contribution in [3.05, 3.63) is 266 Å². The van der Waals surface area contributed by atoms with Crippen molar-refractivity contribution in [2.24, 2.45) is 0 Å². The maximum absolute atomic E-state index is 2.47. The summed E-state index contributed by atoms with van der Waals surface area (Å²) in [6.45, 7) is 4.83. The summed E-state index contributed by atoms with van der Waals surface area (Å²) in [5.41, 5.74) is 18.8. The minimum absolute atomic E-state index is 0.330. The van der Waals surface area contributed by atoms with Crippen molar-refractivity contribution in [1.29, 1.82) is 0 Å². The van der Waals surface area contributed by atoms with Gasteiger partial charge in [-0.05, 0) is 127 Å². The molecule has 0 aliphatic heterocycles. The Labute approximate surface area is 393 Å². The van der Waals surface area contributed by atoms with E-state index in [9.17, 15) is 0 Å². The van der Waals surface area contributed by atoms with Crippen LogP contribution in [0.2, 0.25) is 0 Å². The molecule has 0 radical (unpaired) electrons. The molecular weight excluding hydrogens is 809 g/mol. The van der Waals surface area contributed by atoms with Crippen molar-refractivity contribution in [2.75, 3.05) is 9.80 Å². The average Bonchev–Trinajstić information content (AvgIpc) is 3.40. The van der Waals surface area contributed by atoms with E-state index in [2.05, 4.69) is 278 Å². The van der Waals surface area contributed by atoms with Crippen LogP contribution in [0, 0.1) is 0 Å². The summed E-state index contributed by atoms with van der Waals surface area (Å²) >= 11 is 0. The van der Waals surface area contributed by atoms with Gasteiger partial charge in [0, 0.05) is 39.3 Å². The normalized spacial score (nSPS) is 12.4. The van der Waals surface area contributed by atoms with Gasteiger partial charge in [0.2, 0.25) is 0 Å². The minimum Gasteiger partial charge on any atom is -0.310 e. The van der Waals surface area contributed by atoms with E-state index in [1.54, 1.807) is 0 Å². The second-order valence-corrected chi connectivity index (χ2v) is 18.0. The largest absolute Gasteiger partial charge is 0.310 e. The summed E-state index contributed by atoms with van der Waals surface area (Å²) < 4.78 is 0. The van der Waals surface area contributed by atoms with Crippen molar-refractivity contribution in [3.8, 4) is 44.5 Å². The molecule has 0 unspecified atom stereocenters. The highest BCUT2D eigenvalue weighted by Crippen LogP contribution is 2.56. The first-order valence-electron chi connectivity index (χ1n) is 23.3. The lowest BCUT2D eigenvalue weighted by Gasteiger charge is -2.38. The van der Waals surface area contributed by atoms with Gasteiger partial charge in [0.25, 0.3) is 0 Å². The lowest BCUT2D eigenvalue weighted by Crippen LogP contribution is -2.25. The lowest BCUT2D eigenvalue weighted by atomic mass is 9.66. The van der Waals surface area contributed by atoms with Crippen molar-refractivity contribution in [2.45, 2.75) is 19.3 Å². The number of rotatable bonds is 9. The maximum Gasteiger partial charge on any atom is 0.0540 e. The van der Waals surface area contributed by atoms with E-state index in [1.807, 2.05) is 0 Å². The molecule has 1 aliphatic carbocycles. The molecule has 0 amide bonds. The number of anilines is 6. The van der Waals surface area contributed by atoms with Gasteiger partial charge in [0.05, 0.1) is 11.4 Å². The molecule has 67 heavy (non-hydrogen) atoms. The molecule has 11 aromatic carbocycles. The van der Waals surface area contributed by atoms with Crippen LogP contribution in [0.3, 0.4) is 0 Å². The minimum atomic E-state index is -0.330. The Morgan fingerprint density at radius 2 is 0.746 bits per heavy atom. The molecule has 0 N–H and O–H groups in total. The van der Waals surface area contributed by atoms with Crippen LogP contribution < -0.4 is 9.80 Å². The van der Waals surface area contributed by atoms with Gasteiger partial charge in [-0.2, -0.15) is 0 Å². The maximum atomic E-state index is 2.47. The van der Waals surface area contributed by atoms with Crippen molar-refractivity contribution in [1.82, 2.24) is 0 Å². The van der Waals surface area contributed by atoms with Gasteiger partial charge in [-0.3, -0.25) is 0 Å². The van der Waals surface area contributed by atoms with Crippen molar-refractivity contribution in [3.63, 3.8) is 0 Å². The van der Waals surface area contributed by atoms with Crippen LogP contribution in [0.5, 0.6) is 0 Å². The summed E-state index contributed by atoms with van der Waals surface area (Å²) in [5.74, 6) is 0. The van der Waals surface area contributed by atoms with E-state index in [1.165, 1.54) is 77.2 Å². The molecule has 2 nitrogen and oxygen atoms in total. The summed E-state index contributed by atoms with van der Waals surface area (Å²) in [4.78, 5) is 4.86. The molecule has 0 saturated carbocycles. The van der Waals surface area contributed by atoms with Crippen LogP contribution in [0.25, 0.3) is 66.1 Å². The number of hydrogen-bond donors (Lipinski definition) is 0. The van der Waals surface area contributed by atoms with Gasteiger partial charge in [0.15, 0.2) is 0 Å². The highest BCUT2D eigenvalue weighted by atomic mass is 15.1. The first kappa shape index (κ1) is 40.1. The third-order valence-electron chi connectivity index (χ3n) is 13.8. The van der Waals surface area contributed by atoms with E-state index in [0.29, 0.717) is 0 Å². The fourth-order valence-electron chi connectivity index (χ4n) is 10.7. The molecule has 0 fully saturated rings. The number of benzene rings is 11. The van der Waals surface area contributed by atoms with Crippen LogP contribution in [0.15, 0.2) is 255 Å². The van der Waals surface area contributed by atoms with Gasteiger partial charge < -0.3 is 9.80 Å². The molecule has 0 atom stereocenters. The molecular formula is C65H48N2. The van der Waals surface area contributed by atoms with E-state index in [4.69, 9.17) is 0 Å². The smallest absolute Gasteiger partial charge is 0.0540 e. The first-order valence-corrected chi connectivity index (χ1v) is 23.3. The predicted molar refractivity (Wildman–Crippen MR) is 285 cm³/mol. The molecule has 0 heterocycles. The summed E-state index contributed by atoms with van der Waals surface area (Å²) in [5, 5.41) is 5.05. The standard InChI is InChI=1S/C65H48N2/c1-65(2)58-36-22-35-54-57-43-50(66(48-29-14-6-15-30-48)60-37-20-18-33-52(60)45-23-8-3-9-24-45)39-41-55(57)62(47-27-12-5-13-28-47)64(63(54)58)56-42-40-51(44-59(56)65)67(49-31-16-7-17-32-49)61-38-21-19-34-53(61)46-25-10-4-11-26-46/h3-44H,1-2H3. The fourth-order valence-corrected chi connectivity index (χ4v) is 10.7. The predicted octanol–water partition coefficient (Wildman–Crippen LogP) is 18.2. The highest BCUT2D eigenvalue weighted by molar-refractivity contribution is 6.24. The SMILES string of the molecule is CC1(C)c2cc(N(c3ccccc3)c3ccccc3-c3ccccc3)ccc2-c2c(-c3ccccc3)c3ccc(N(c4ccccc4)c4ccccc4-c4ccccc4)cc3c3cccc1c23. The van der Waals surface area contributed by atoms with Gasteiger partial charge in [-0.15, -0.1) is 0 Å². The Morgan fingerprint density at radius 1 is 0.284 bits per heavy atom. The van der Waals surface area contributed by atoms with E-state index in [0.717, 1.165) is 34.1 Å². The summed E-state index contributed by atoms with van der Waals surface area (Å²) in [6.07, 6.45) is 0. The van der Waals surface area contributed by atoms with Gasteiger partial charge in [-0.1, -0.05) is 208 Å². The number of hydrogen-bond acceptors (Lipinski definition) is 2. The zero-order valence-electron chi connectivity index (χ0n) is 37.6. The molecule has 318 valence electrons. The Hall–Kier alpha value is -8.46. The molecule has 11 aromatic rings. The molecule has 1 aliphatic rings. The van der Waals surface area contributed by atoms with Gasteiger partial charge in [-0.25, -0.2) is 0 Å². The zero-order chi connectivity index (χ0) is 44.9. The number of nitrogens with zero attached hydrogens (tertiary/aromatic N) is 2. The van der Waals surface area contributed by atoms with E-state index >= 15 is 0 Å². The molecule has 0 bridgehead atoms. The first-order chi connectivity index (χ1) is 33.0. The number of fused-ring (bicyclic) bond motifs is 4. The second-order valence-electron chi connectivity index (χ2n) is 18.0. The van der Waals surface area contributed by atoms with Crippen LogP contribution in [0.4, 0.5) is 34.1 Å². The number of para-hydroxylation sites is 4.